The molecule has 0 atom stereocenters. The van der Waals surface area contributed by atoms with Gasteiger partial charge in [0.15, 0.2) is 11.4 Å². The van der Waals surface area contributed by atoms with E-state index in [9.17, 15) is 24.3 Å². The highest BCUT2D eigenvalue weighted by Gasteiger charge is 2.32. The number of rotatable bonds is 8. The number of benzene rings is 1. The number of hydrogen-bond donors (Lipinski definition) is 2. The van der Waals surface area contributed by atoms with Crippen LogP contribution >= 0.6 is 0 Å². The van der Waals surface area contributed by atoms with Crippen molar-refractivity contribution >= 4 is 23.7 Å². The maximum absolute atomic E-state index is 13.0. The van der Waals surface area contributed by atoms with Gasteiger partial charge in [-0.25, -0.2) is 9.59 Å². The molecule has 2 N–H and O–H groups in total. The molecule has 3 rings (SSSR count). The molecule has 0 unspecified atom stereocenters. The molecule has 184 valence electrons. The Morgan fingerprint density at radius 3 is 2.34 bits per heavy atom. The molecule has 12 nitrogen and oxygen atoms in total. The molecular weight excluding hydrogens is 462 g/mol. The molecule has 0 radical (unpaired) electrons. The summed E-state index contributed by atoms with van der Waals surface area (Å²) in [5, 5.41) is 16.5. The van der Waals surface area contributed by atoms with Gasteiger partial charge in [0.25, 0.3) is 11.5 Å². The summed E-state index contributed by atoms with van der Waals surface area (Å²) in [6.07, 6.45) is 0. The van der Waals surface area contributed by atoms with Gasteiger partial charge in [0.1, 0.15) is 28.3 Å². The summed E-state index contributed by atoms with van der Waals surface area (Å²) < 4.78 is 21.5. The van der Waals surface area contributed by atoms with Crippen molar-refractivity contribution < 1.29 is 38.1 Å². The smallest absolute Gasteiger partial charge is 0.344 e. The second-order valence-electron chi connectivity index (χ2n) is 6.93. The van der Waals surface area contributed by atoms with Gasteiger partial charge in [-0.05, 0) is 32.9 Å². The SMILES string of the molecule is CCOC(=O)c1c(C)oc(NC(=O)c2nn(-c3ccccc3OC)c(=O)cc2O)c1C(=O)OCC. The van der Waals surface area contributed by atoms with Crippen molar-refractivity contribution in [3.8, 4) is 17.2 Å². The van der Waals surface area contributed by atoms with E-state index >= 15 is 0 Å². The van der Waals surface area contributed by atoms with E-state index in [1.54, 1.807) is 32.0 Å². The number of nitrogens with zero attached hydrogens (tertiary/aromatic N) is 2. The van der Waals surface area contributed by atoms with Crippen molar-refractivity contribution in [1.29, 1.82) is 0 Å². The fourth-order valence-corrected chi connectivity index (χ4v) is 3.23. The zero-order valence-electron chi connectivity index (χ0n) is 19.4. The van der Waals surface area contributed by atoms with Gasteiger partial charge < -0.3 is 23.7 Å². The zero-order valence-corrected chi connectivity index (χ0v) is 19.4. The molecule has 0 aliphatic carbocycles. The van der Waals surface area contributed by atoms with E-state index in [4.69, 9.17) is 18.6 Å². The van der Waals surface area contributed by atoms with E-state index in [-0.39, 0.29) is 35.8 Å². The van der Waals surface area contributed by atoms with Crippen LogP contribution in [0.2, 0.25) is 0 Å². The number of aromatic nitrogens is 2. The Balaban J connectivity index is 2.07. The first-order chi connectivity index (χ1) is 16.7. The monoisotopic (exact) mass is 485 g/mol. The Morgan fingerprint density at radius 2 is 1.71 bits per heavy atom. The van der Waals surface area contributed by atoms with Gasteiger partial charge in [-0.1, -0.05) is 12.1 Å². The van der Waals surface area contributed by atoms with Gasteiger partial charge in [-0.3, -0.25) is 14.9 Å². The molecule has 12 heteroatoms. The predicted molar refractivity (Wildman–Crippen MR) is 121 cm³/mol. The predicted octanol–water partition coefficient (Wildman–Crippen LogP) is 2.45. The number of methoxy groups -OCH3 is 1. The van der Waals surface area contributed by atoms with E-state index in [1.807, 2.05) is 0 Å². The van der Waals surface area contributed by atoms with Crippen LogP contribution in [0.25, 0.3) is 5.69 Å². The molecule has 0 fully saturated rings. The number of carbonyl (C=O) groups is 3. The fourth-order valence-electron chi connectivity index (χ4n) is 3.23. The van der Waals surface area contributed by atoms with Crippen molar-refractivity contribution in [2.24, 2.45) is 0 Å². The molecule has 0 aliphatic heterocycles. The summed E-state index contributed by atoms with van der Waals surface area (Å²) >= 11 is 0. The van der Waals surface area contributed by atoms with Crippen LogP contribution in [0.1, 0.15) is 50.8 Å². The van der Waals surface area contributed by atoms with Crippen molar-refractivity contribution in [3.05, 3.63) is 63.3 Å². The number of anilines is 1. The van der Waals surface area contributed by atoms with Gasteiger partial charge in [0.2, 0.25) is 5.88 Å². The molecule has 0 saturated carbocycles. The highest BCUT2D eigenvalue weighted by Crippen LogP contribution is 2.30. The standard InChI is InChI=1S/C23H23N3O9/c1-5-33-22(30)17-12(3)35-21(18(17)23(31)34-6-2)24-20(29)19-14(27)11-16(28)26(25-19)13-9-7-8-10-15(13)32-4/h7-11,27H,5-6H2,1-4H3,(H,24,29). The number of hydrogen-bond acceptors (Lipinski definition) is 10. The van der Waals surface area contributed by atoms with Crippen LogP contribution in [0.4, 0.5) is 5.88 Å². The molecular formula is C23H23N3O9. The molecule has 1 amide bonds. The lowest BCUT2D eigenvalue weighted by Gasteiger charge is -2.12. The van der Waals surface area contributed by atoms with Crippen LogP contribution in [0.3, 0.4) is 0 Å². The number of nitrogens with one attached hydrogen (secondary N) is 1. The number of esters is 2. The van der Waals surface area contributed by atoms with Gasteiger partial charge in [-0.2, -0.15) is 9.78 Å². The minimum Gasteiger partial charge on any atom is -0.505 e. The average molecular weight is 485 g/mol. The number of furan rings is 1. The van der Waals surface area contributed by atoms with Crippen molar-refractivity contribution in [3.63, 3.8) is 0 Å². The fraction of sp³-hybridized carbons (Fsp3) is 0.261. The van der Waals surface area contributed by atoms with E-state index in [0.717, 1.165) is 10.7 Å². The van der Waals surface area contributed by atoms with Crippen LogP contribution in [0.5, 0.6) is 11.5 Å². The Morgan fingerprint density at radius 1 is 1.09 bits per heavy atom. The lowest BCUT2D eigenvalue weighted by molar-refractivity contribution is 0.0480. The van der Waals surface area contributed by atoms with E-state index in [0.29, 0.717) is 5.75 Å². The topological polar surface area (TPSA) is 159 Å². The first-order valence-corrected chi connectivity index (χ1v) is 10.5. The molecule has 35 heavy (non-hydrogen) atoms. The minimum absolute atomic E-state index is 0.00187. The maximum Gasteiger partial charge on any atom is 0.344 e. The molecule has 0 spiro atoms. The van der Waals surface area contributed by atoms with Gasteiger partial charge in [-0.15, -0.1) is 0 Å². The Hall–Kier alpha value is -4.61. The number of ether oxygens (including phenoxy) is 3. The summed E-state index contributed by atoms with van der Waals surface area (Å²) in [5.74, 6) is -3.64. The molecule has 1 aromatic carbocycles. The third-order valence-electron chi connectivity index (χ3n) is 4.71. The van der Waals surface area contributed by atoms with Crippen molar-refractivity contribution in [2.45, 2.75) is 20.8 Å². The first-order valence-electron chi connectivity index (χ1n) is 10.5. The van der Waals surface area contributed by atoms with Crippen molar-refractivity contribution in [1.82, 2.24) is 9.78 Å². The zero-order chi connectivity index (χ0) is 25.7. The number of aryl methyl sites for hydroxylation is 1. The summed E-state index contributed by atoms with van der Waals surface area (Å²) in [5.41, 5.74) is -1.63. The molecule has 3 aromatic rings. The van der Waals surface area contributed by atoms with E-state index < -0.39 is 40.7 Å². The number of aromatic hydroxyl groups is 1. The molecule has 0 bridgehead atoms. The quantitative estimate of drug-likeness (QED) is 0.454. The highest BCUT2D eigenvalue weighted by atomic mass is 16.5. The van der Waals surface area contributed by atoms with Crippen LogP contribution in [-0.2, 0) is 9.47 Å². The minimum atomic E-state index is -1.03. The third kappa shape index (κ3) is 5.00. The maximum atomic E-state index is 13.0. The van der Waals surface area contributed by atoms with Gasteiger partial charge in [0, 0.05) is 6.07 Å². The number of amides is 1. The normalized spacial score (nSPS) is 10.5. The van der Waals surface area contributed by atoms with Crippen LogP contribution < -0.4 is 15.6 Å². The van der Waals surface area contributed by atoms with Crippen LogP contribution in [0, 0.1) is 6.92 Å². The molecule has 2 aromatic heterocycles. The highest BCUT2D eigenvalue weighted by molar-refractivity contribution is 6.11. The molecule has 0 saturated heterocycles. The lowest BCUT2D eigenvalue weighted by Crippen LogP contribution is -2.26. The lowest BCUT2D eigenvalue weighted by atomic mass is 10.1. The van der Waals surface area contributed by atoms with Crippen LogP contribution in [-0.4, -0.2) is 53.1 Å². The van der Waals surface area contributed by atoms with Gasteiger partial charge in [0.05, 0.1) is 20.3 Å². The number of para-hydroxylation sites is 2. The molecule has 2 heterocycles. The second kappa shape index (κ2) is 10.5. The number of carbonyl (C=O) groups excluding carboxylic acids is 3. The van der Waals surface area contributed by atoms with Crippen molar-refractivity contribution in [2.75, 3.05) is 25.6 Å². The Kier molecular flexibility index (Phi) is 7.54. The Labute approximate surface area is 199 Å². The summed E-state index contributed by atoms with van der Waals surface area (Å²) in [6.45, 7) is 4.59. The average Bonchev–Trinajstić information content (AvgIpc) is 3.15. The molecule has 0 aliphatic rings. The third-order valence-corrected chi connectivity index (χ3v) is 4.71. The Bertz CT molecular complexity index is 1340. The van der Waals surface area contributed by atoms with Crippen LogP contribution in [0.15, 0.2) is 39.5 Å². The van der Waals surface area contributed by atoms with E-state index in [1.165, 1.54) is 20.1 Å². The van der Waals surface area contributed by atoms with Gasteiger partial charge >= 0.3 is 11.9 Å². The first kappa shape index (κ1) is 25.0. The largest absolute Gasteiger partial charge is 0.505 e. The summed E-state index contributed by atoms with van der Waals surface area (Å²) in [4.78, 5) is 50.5. The van der Waals surface area contributed by atoms with E-state index in [2.05, 4.69) is 10.4 Å². The summed E-state index contributed by atoms with van der Waals surface area (Å²) in [6, 6.07) is 7.24. The second-order valence-corrected chi connectivity index (χ2v) is 6.93. The summed E-state index contributed by atoms with van der Waals surface area (Å²) in [7, 11) is 1.40.